The van der Waals surface area contributed by atoms with Crippen LogP contribution in [0.3, 0.4) is 0 Å². The summed E-state index contributed by atoms with van der Waals surface area (Å²) in [5.41, 5.74) is 3.63. The van der Waals surface area contributed by atoms with Gasteiger partial charge < -0.3 is 4.90 Å². The summed E-state index contributed by atoms with van der Waals surface area (Å²) in [6.45, 7) is 4.37. The Morgan fingerprint density at radius 3 is 1.81 bits per heavy atom. The molecule has 3 nitrogen and oxygen atoms in total. The molecule has 3 aromatic rings. The van der Waals surface area contributed by atoms with Crippen molar-refractivity contribution in [3.8, 4) is 0 Å². The van der Waals surface area contributed by atoms with E-state index >= 15 is 0 Å². The van der Waals surface area contributed by atoms with E-state index < -0.39 is 0 Å². The van der Waals surface area contributed by atoms with E-state index in [9.17, 15) is 4.79 Å². The number of nitrogens with zero attached hydrogens (tertiary/aromatic N) is 2. The van der Waals surface area contributed by atoms with Gasteiger partial charge in [-0.05, 0) is 16.7 Å². The maximum absolute atomic E-state index is 13.2. The molecule has 0 bridgehead atoms. The molecule has 31 heavy (non-hydrogen) atoms. The topological polar surface area (TPSA) is 23.6 Å². The van der Waals surface area contributed by atoms with Crippen molar-refractivity contribution in [3.63, 3.8) is 0 Å². The Kier molecular flexibility index (Phi) is 7.30. The van der Waals surface area contributed by atoms with Crippen LogP contribution in [0, 0.1) is 0 Å². The van der Waals surface area contributed by atoms with E-state index in [-0.39, 0.29) is 11.8 Å². The molecule has 4 rings (SSSR count). The maximum atomic E-state index is 13.2. The fourth-order valence-electron chi connectivity index (χ4n) is 4.18. The summed E-state index contributed by atoms with van der Waals surface area (Å²) in [5, 5.41) is 0. The van der Waals surface area contributed by atoms with Gasteiger partial charge in [0, 0.05) is 45.1 Å². The molecule has 1 aliphatic heterocycles. The Balaban J connectivity index is 1.33. The number of hydrogen-bond acceptors (Lipinski definition) is 2. The minimum absolute atomic E-state index is 0.0988. The monoisotopic (exact) mass is 410 g/mol. The third kappa shape index (κ3) is 5.93. The zero-order chi connectivity index (χ0) is 21.3. The van der Waals surface area contributed by atoms with E-state index in [1.54, 1.807) is 0 Å². The predicted octanol–water partition coefficient (Wildman–Crippen LogP) is 5.07. The first-order valence-electron chi connectivity index (χ1n) is 11.1. The molecule has 158 valence electrons. The summed E-state index contributed by atoms with van der Waals surface area (Å²) < 4.78 is 0. The average Bonchev–Trinajstić information content (AvgIpc) is 2.84. The van der Waals surface area contributed by atoms with Gasteiger partial charge in [0.05, 0.1) is 0 Å². The predicted molar refractivity (Wildman–Crippen MR) is 128 cm³/mol. The van der Waals surface area contributed by atoms with Crippen molar-refractivity contribution in [2.75, 3.05) is 32.7 Å². The molecule has 1 fully saturated rings. The highest BCUT2D eigenvalue weighted by Gasteiger charge is 2.24. The van der Waals surface area contributed by atoms with Crippen LogP contribution in [-0.2, 0) is 4.79 Å². The van der Waals surface area contributed by atoms with E-state index in [0.29, 0.717) is 6.42 Å². The zero-order valence-electron chi connectivity index (χ0n) is 17.9. The van der Waals surface area contributed by atoms with Gasteiger partial charge in [-0.2, -0.15) is 0 Å². The molecular formula is C28H30N2O. The summed E-state index contributed by atoms with van der Waals surface area (Å²) >= 11 is 0. The summed E-state index contributed by atoms with van der Waals surface area (Å²) in [4.78, 5) is 17.6. The van der Waals surface area contributed by atoms with E-state index in [0.717, 1.165) is 32.7 Å². The lowest BCUT2D eigenvalue weighted by molar-refractivity contribution is -0.133. The van der Waals surface area contributed by atoms with Crippen LogP contribution in [0.2, 0.25) is 0 Å². The Hall–Kier alpha value is -3.17. The summed E-state index contributed by atoms with van der Waals surface area (Å²) in [7, 11) is 0. The van der Waals surface area contributed by atoms with Crippen molar-refractivity contribution in [2.24, 2.45) is 0 Å². The molecule has 0 N–H and O–H groups in total. The molecule has 1 heterocycles. The SMILES string of the molecule is O=C(CC(c1ccccc1)c1ccccc1)N1CCN(C/C=C/c2ccccc2)CC1. The average molecular weight is 411 g/mol. The van der Waals surface area contributed by atoms with Crippen molar-refractivity contribution >= 4 is 12.0 Å². The first kappa shape index (κ1) is 21.1. The molecule has 3 aromatic carbocycles. The van der Waals surface area contributed by atoms with Crippen LogP contribution >= 0.6 is 0 Å². The standard InChI is InChI=1S/C28H30N2O/c31-28(23-27(25-14-6-2-7-15-25)26-16-8-3-9-17-26)30-21-19-29(20-22-30)18-10-13-24-11-4-1-5-12-24/h1-17,27H,18-23H2/b13-10+. The Morgan fingerprint density at radius 1 is 0.742 bits per heavy atom. The van der Waals surface area contributed by atoms with Crippen LogP contribution in [0.1, 0.15) is 29.0 Å². The van der Waals surface area contributed by atoms with Gasteiger partial charge in [0.1, 0.15) is 0 Å². The number of carbonyl (C=O) groups is 1. The van der Waals surface area contributed by atoms with Gasteiger partial charge >= 0.3 is 0 Å². The number of hydrogen-bond donors (Lipinski definition) is 0. The Bertz CT molecular complexity index is 922. The molecule has 0 saturated carbocycles. The molecule has 0 aromatic heterocycles. The van der Waals surface area contributed by atoms with E-state index in [1.807, 2.05) is 23.1 Å². The lowest BCUT2D eigenvalue weighted by atomic mass is 9.88. The van der Waals surface area contributed by atoms with Crippen molar-refractivity contribution in [2.45, 2.75) is 12.3 Å². The first-order valence-corrected chi connectivity index (χ1v) is 11.1. The fraction of sp³-hybridized carbons (Fsp3) is 0.250. The lowest BCUT2D eigenvalue weighted by Crippen LogP contribution is -2.48. The lowest BCUT2D eigenvalue weighted by Gasteiger charge is -2.35. The molecule has 3 heteroatoms. The highest BCUT2D eigenvalue weighted by Crippen LogP contribution is 2.28. The smallest absolute Gasteiger partial charge is 0.223 e. The molecule has 0 atom stereocenters. The highest BCUT2D eigenvalue weighted by atomic mass is 16.2. The molecule has 0 radical (unpaired) electrons. The van der Waals surface area contributed by atoms with Crippen molar-refractivity contribution in [1.82, 2.24) is 9.80 Å². The van der Waals surface area contributed by atoms with Gasteiger partial charge in [-0.25, -0.2) is 0 Å². The van der Waals surface area contributed by atoms with E-state index in [2.05, 4.69) is 89.8 Å². The molecule has 0 spiro atoms. The van der Waals surface area contributed by atoms with Gasteiger partial charge in [-0.3, -0.25) is 9.69 Å². The minimum atomic E-state index is 0.0988. The van der Waals surface area contributed by atoms with Crippen LogP contribution in [0.15, 0.2) is 97.1 Å². The summed E-state index contributed by atoms with van der Waals surface area (Å²) in [5.74, 6) is 0.346. The van der Waals surface area contributed by atoms with Gasteiger partial charge in [-0.15, -0.1) is 0 Å². The fourth-order valence-corrected chi connectivity index (χ4v) is 4.18. The van der Waals surface area contributed by atoms with E-state index in [1.165, 1.54) is 16.7 Å². The number of benzene rings is 3. The summed E-state index contributed by atoms with van der Waals surface area (Å²) in [6.07, 6.45) is 4.90. The van der Waals surface area contributed by atoms with Gasteiger partial charge in [0.25, 0.3) is 0 Å². The quantitative estimate of drug-likeness (QED) is 0.543. The largest absolute Gasteiger partial charge is 0.340 e. The second-order valence-corrected chi connectivity index (χ2v) is 8.07. The van der Waals surface area contributed by atoms with Crippen molar-refractivity contribution in [3.05, 3.63) is 114 Å². The molecule has 1 amide bonds. The minimum Gasteiger partial charge on any atom is -0.340 e. The molecule has 0 aliphatic carbocycles. The van der Waals surface area contributed by atoms with Crippen LogP contribution in [0.5, 0.6) is 0 Å². The van der Waals surface area contributed by atoms with Crippen LogP contribution in [0.4, 0.5) is 0 Å². The second kappa shape index (κ2) is 10.7. The third-order valence-electron chi connectivity index (χ3n) is 5.98. The normalized spacial score (nSPS) is 14.9. The first-order chi connectivity index (χ1) is 15.3. The second-order valence-electron chi connectivity index (χ2n) is 8.07. The number of carbonyl (C=O) groups excluding carboxylic acids is 1. The van der Waals surface area contributed by atoms with Crippen LogP contribution in [0.25, 0.3) is 6.08 Å². The highest BCUT2D eigenvalue weighted by molar-refractivity contribution is 5.78. The maximum Gasteiger partial charge on any atom is 0.223 e. The molecule has 1 aliphatic rings. The van der Waals surface area contributed by atoms with E-state index in [4.69, 9.17) is 0 Å². The summed E-state index contributed by atoms with van der Waals surface area (Å²) in [6, 6.07) is 31.2. The van der Waals surface area contributed by atoms with Crippen LogP contribution in [-0.4, -0.2) is 48.4 Å². The van der Waals surface area contributed by atoms with Gasteiger partial charge in [0.15, 0.2) is 0 Å². The number of rotatable bonds is 7. The van der Waals surface area contributed by atoms with Gasteiger partial charge in [-0.1, -0.05) is 103 Å². The van der Waals surface area contributed by atoms with Crippen molar-refractivity contribution in [1.29, 1.82) is 0 Å². The Labute approximate surface area is 185 Å². The van der Waals surface area contributed by atoms with Crippen LogP contribution < -0.4 is 0 Å². The molecular weight excluding hydrogens is 380 g/mol. The molecule has 0 unspecified atom stereocenters. The molecule has 1 saturated heterocycles. The number of amides is 1. The third-order valence-corrected chi connectivity index (χ3v) is 5.98. The van der Waals surface area contributed by atoms with Gasteiger partial charge in [0.2, 0.25) is 5.91 Å². The zero-order valence-corrected chi connectivity index (χ0v) is 17.9. The number of piperazine rings is 1. The Morgan fingerprint density at radius 2 is 1.26 bits per heavy atom. The van der Waals surface area contributed by atoms with Crippen molar-refractivity contribution < 1.29 is 4.79 Å².